The number of carbonyl (C=O) groups is 1. The Bertz CT molecular complexity index is 339. The summed E-state index contributed by atoms with van der Waals surface area (Å²) in [5.41, 5.74) is -0.00245. The molecule has 0 aromatic carbocycles. The molecule has 0 spiro atoms. The van der Waals surface area contributed by atoms with E-state index in [0.717, 1.165) is 6.54 Å². The van der Waals surface area contributed by atoms with Crippen LogP contribution in [0.4, 0.5) is 0 Å². The number of aromatic nitrogens is 1. The normalized spacial score (nSPS) is 10.3. The number of ether oxygens (including phenoxy) is 1. The van der Waals surface area contributed by atoms with Crippen molar-refractivity contribution in [2.75, 3.05) is 27.2 Å². The van der Waals surface area contributed by atoms with E-state index in [-0.39, 0.29) is 5.69 Å². The van der Waals surface area contributed by atoms with Gasteiger partial charge in [-0.3, -0.25) is 0 Å². The molecule has 0 fully saturated rings. The van der Waals surface area contributed by atoms with Crippen molar-refractivity contribution in [1.29, 1.82) is 0 Å². The molecule has 0 unspecified atom stereocenters. The van der Waals surface area contributed by atoms with E-state index in [1.807, 2.05) is 19.0 Å². The summed E-state index contributed by atoms with van der Waals surface area (Å²) in [5, 5.41) is 8.70. The molecule has 0 aliphatic heterocycles. The first-order valence-electron chi connectivity index (χ1n) is 4.56. The molecule has 0 atom stereocenters. The Balaban J connectivity index is 2.54. The molecule has 1 rings (SSSR count). The minimum absolute atomic E-state index is 0.00245. The Morgan fingerprint density at radius 3 is 2.93 bits per heavy atom. The van der Waals surface area contributed by atoms with E-state index < -0.39 is 5.97 Å². The van der Waals surface area contributed by atoms with Crippen molar-refractivity contribution in [1.82, 2.24) is 9.88 Å². The highest BCUT2D eigenvalue weighted by atomic mass is 16.5. The molecule has 1 aromatic heterocycles. The topological polar surface area (TPSA) is 62.7 Å². The van der Waals surface area contributed by atoms with Crippen LogP contribution in [0, 0.1) is 0 Å². The molecule has 0 aliphatic carbocycles. The lowest BCUT2D eigenvalue weighted by atomic mass is 10.3. The van der Waals surface area contributed by atoms with Crippen LogP contribution in [0.15, 0.2) is 18.3 Å². The maximum atomic E-state index is 10.6. The van der Waals surface area contributed by atoms with Crippen LogP contribution >= 0.6 is 0 Å². The summed E-state index contributed by atoms with van der Waals surface area (Å²) in [5.74, 6) is -0.516. The fourth-order valence-electron chi connectivity index (χ4n) is 0.964. The Morgan fingerprint density at radius 2 is 2.33 bits per heavy atom. The zero-order valence-corrected chi connectivity index (χ0v) is 8.80. The molecule has 0 aliphatic rings. The summed E-state index contributed by atoms with van der Waals surface area (Å²) in [4.78, 5) is 16.3. The van der Waals surface area contributed by atoms with Gasteiger partial charge in [-0.1, -0.05) is 0 Å². The molecule has 0 radical (unpaired) electrons. The summed E-state index contributed by atoms with van der Waals surface area (Å²) in [6.07, 6.45) is 1.43. The fraction of sp³-hybridized carbons (Fsp3) is 0.400. The highest BCUT2D eigenvalue weighted by Crippen LogP contribution is 2.10. The van der Waals surface area contributed by atoms with Crippen molar-refractivity contribution in [3.05, 3.63) is 24.0 Å². The van der Waals surface area contributed by atoms with E-state index in [0.29, 0.717) is 12.4 Å². The van der Waals surface area contributed by atoms with Gasteiger partial charge in [0.2, 0.25) is 0 Å². The summed E-state index contributed by atoms with van der Waals surface area (Å²) >= 11 is 0. The second-order valence-corrected chi connectivity index (χ2v) is 3.33. The van der Waals surface area contributed by atoms with Gasteiger partial charge < -0.3 is 14.7 Å². The van der Waals surface area contributed by atoms with Crippen LogP contribution in [0.25, 0.3) is 0 Å². The molecule has 1 heterocycles. The smallest absolute Gasteiger partial charge is 0.354 e. The van der Waals surface area contributed by atoms with Gasteiger partial charge in [0.25, 0.3) is 0 Å². The first kappa shape index (κ1) is 11.5. The lowest BCUT2D eigenvalue weighted by Gasteiger charge is -2.10. The van der Waals surface area contributed by atoms with Crippen molar-refractivity contribution in [3.63, 3.8) is 0 Å². The molecular formula is C10H14N2O3. The summed E-state index contributed by atoms with van der Waals surface area (Å²) in [6.45, 7) is 1.31. The zero-order chi connectivity index (χ0) is 11.3. The highest BCUT2D eigenvalue weighted by molar-refractivity contribution is 5.85. The van der Waals surface area contributed by atoms with Crippen LogP contribution in [0.2, 0.25) is 0 Å². The van der Waals surface area contributed by atoms with E-state index >= 15 is 0 Å². The summed E-state index contributed by atoms with van der Waals surface area (Å²) in [6, 6.07) is 3.06. The largest absolute Gasteiger partial charge is 0.492 e. The standard InChI is InChI=1S/C10H14N2O3/c1-12(2)5-6-15-8-3-4-11-9(7-8)10(13)14/h3-4,7H,5-6H2,1-2H3,(H,13,14). The molecule has 0 saturated carbocycles. The summed E-state index contributed by atoms with van der Waals surface area (Å²) in [7, 11) is 3.89. The zero-order valence-electron chi connectivity index (χ0n) is 8.80. The SMILES string of the molecule is CN(C)CCOc1ccnc(C(=O)O)c1. The number of hydrogen-bond acceptors (Lipinski definition) is 4. The molecule has 1 N–H and O–H groups in total. The quantitative estimate of drug-likeness (QED) is 0.775. The molecule has 15 heavy (non-hydrogen) atoms. The second kappa shape index (κ2) is 5.31. The molecule has 0 saturated heterocycles. The van der Waals surface area contributed by atoms with Crippen LogP contribution in [0.3, 0.4) is 0 Å². The number of hydrogen-bond donors (Lipinski definition) is 1. The maximum absolute atomic E-state index is 10.6. The van der Waals surface area contributed by atoms with Gasteiger partial charge in [0.1, 0.15) is 12.4 Å². The van der Waals surface area contributed by atoms with Crippen LogP contribution in [0.1, 0.15) is 10.5 Å². The second-order valence-electron chi connectivity index (χ2n) is 3.33. The van der Waals surface area contributed by atoms with E-state index in [1.54, 1.807) is 6.07 Å². The van der Waals surface area contributed by atoms with Crippen molar-refractivity contribution in [2.24, 2.45) is 0 Å². The van der Waals surface area contributed by atoms with Crippen molar-refractivity contribution >= 4 is 5.97 Å². The monoisotopic (exact) mass is 210 g/mol. The fourth-order valence-corrected chi connectivity index (χ4v) is 0.964. The average molecular weight is 210 g/mol. The third kappa shape index (κ3) is 3.95. The van der Waals surface area contributed by atoms with Gasteiger partial charge in [-0.05, 0) is 20.2 Å². The van der Waals surface area contributed by atoms with Gasteiger partial charge in [0.05, 0.1) is 0 Å². The predicted octanol–water partition coefficient (Wildman–Crippen LogP) is 0.720. The third-order valence-electron chi connectivity index (χ3n) is 1.76. The predicted molar refractivity (Wildman–Crippen MR) is 55.2 cm³/mol. The number of rotatable bonds is 5. The Hall–Kier alpha value is -1.62. The third-order valence-corrected chi connectivity index (χ3v) is 1.76. The molecule has 0 bridgehead atoms. The molecule has 0 amide bonds. The van der Waals surface area contributed by atoms with Gasteiger partial charge >= 0.3 is 5.97 Å². The number of carboxylic acids is 1. The van der Waals surface area contributed by atoms with E-state index in [1.165, 1.54) is 12.3 Å². The van der Waals surface area contributed by atoms with Crippen molar-refractivity contribution < 1.29 is 14.6 Å². The van der Waals surface area contributed by atoms with E-state index in [2.05, 4.69) is 4.98 Å². The van der Waals surface area contributed by atoms with Gasteiger partial charge in [-0.15, -0.1) is 0 Å². The van der Waals surface area contributed by atoms with Crippen LogP contribution in [-0.2, 0) is 0 Å². The molecule has 1 aromatic rings. The van der Waals surface area contributed by atoms with Crippen molar-refractivity contribution in [2.45, 2.75) is 0 Å². The van der Waals surface area contributed by atoms with Crippen molar-refractivity contribution in [3.8, 4) is 5.75 Å². The molecular weight excluding hydrogens is 196 g/mol. The summed E-state index contributed by atoms with van der Waals surface area (Å²) < 4.78 is 5.36. The Labute approximate surface area is 88.3 Å². The number of pyridine rings is 1. The minimum Gasteiger partial charge on any atom is -0.492 e. The minimum atomic E-state index is -1.05. The highest BCUT2D eigenvalue weighted by Gasteiger charge is 2.05. The van der Waals surface area contributed by atoms with E-state index in [9.17, 15) is 4.79 Å². The van der Waals surface area contributed by atoms with Crippen LogP contribution in [0.5, 0.6) is 5.75 Å². The lowest BCUT2D eigenvalue weighted by molar-refractivity contribution is 0.0690. The average Bonchev–Trinajstić information content (AvgIpc) is 2.17. The lowest BCUT2D eigenvalue weighted by Crippen LogP contribution is -2.19. The Morgan fingerprint density at radius 1 is 1.60 bits per heavy atom. The van der Waals surface area contributed by atoms with E-state index in [4.69, 9.17) is 9.84 Å². The van der Waals surface area contributed by atoms with Gasteiger partial charge in [0.15, 0.2) is 5.69 Å². The first-order chi connectivity index (χ1) is 7.09. The first-order valence-corrected chi connectivity index (χ1v) is 4.56. The van der Waals surface area contributed by atoms with Gasteiger partial charge in [-0.2, -0.15) is 0 Å². The molecule has 82 valence electrons. The number of likely N-dealkylation sites (N-methyl/N-ethyl adjacent to an activating group) is 1. The van der Waals surface area contributed by atoms with Crippen LogP contribution < -0.4 is 4.74 Å². The Kier molecular flexibility index (Phi) is 4.05. The number of aromatic carboxylic acids is 1. The van der Waals surface area contributed by atoms with Crippen LogP contribution in [-0.4, -0.2) is 48.2 Å². The van der Waals surface area contributed by atoms with Gasteiger partial charge in [0, 0.05) is 18.8 Å². The number of carboxylic acid groups (broad SMARTS) is 1. The maximum Gasteiger partial charge on any atom is 0.354 e. The van der Waals surface area contributed by atoms with Gasteiger partial charge in [-0.25, -0.2) is 9.78 Å². The number of nitrogens with zero attached hydrogens (tertiary/aromatic N) is 2. The molecule has 5 heteroatoms. The molecule has 5 nitrogen and oxygen atoms in total.